The molecule has 1 saturated heterocycles. The Kier molecular flexibility index (Phi) is 3.11. The second-order valence-electron chi connectivity index (χ2n) is 6.70. The minimum absolute atomic E-state index is 0.0377. The number of H-pyrrole nitrogens is 1. The van der Waals surface area contributed by atoms with E-state index in [4.69, 9.17) is 0 Å². The van der Waals surface area contributed by atoms with Gasteiger partial charge in [0.25, 0.3) is 11.5 Å². The molecule has 2 aromatic rings. The fourth-order valence-corrected chi connectivity index (χ4v) is 3.82. The molecule has 7 heteroatoms. The van der Waals surface area contributed by atoms with Gasteiger partial charge in [0.1, 0.15) is 0 Å². The van der Waals surface area contributed by atoms with Crippen molar-refractivity contribution in [1.82, 2.24) is 24.9 Å². The lowest BCUT2D eigenvalue weighted by atomic mass is 9.78. The zero-order valence-corrected chi connectivity index (χ0v) is 13.1. The van der Waals surface area contributed by atoms with Crippen LogP contribution in [-0.4, -0.2) is 43.9 Å². The van der Waals surface area contributed by atoms with Crippen molar-refractivity contribution in [2.45, 2.75) is 32.6 Å². The first-order valence-electron chi connectivity index (χ1n) is 7.98. The van der Waals surface area contributed by atoms with Crippen LogP contribution in [0.2, 0.25) is 0 Å². The highest BCUT2D eigenvalue weighted by Crippen LogP contribution is 2.45. The molecule has 1 saturated carbocycles. The number of likely N-dealkylation sites (tertiary alicyclic amines) is 1. The minimum atomic E-state index is -0.266. The number of nitrogens with one attached hydrogen (secondary N) is 1. The molecule has 1 amide bonds. The van der Waals surface area contributed by atoms with Crippen LogP contribution in [0.4, 0.5) is 0 Å². The zero-order chi connectivity index (χ0) is 16.0. The third-order valence-corrected chi connectivity index (χ3v) is 5.13. The molecule has 23 heavy (non-hydrogen) atoms. The van der Waals surface area contributed by atoms with Gasteiger partial charge in [0.05, 0.1) is 17.5 Å². The van der Waals surface area contributed by atoms with Crippen molar-refractivity contribution in [3.05, 3.63) is 39.9 Å². The number of hydrogen-bond acceptors (Lipinski definition) is 4. The molecule has 0 bridgehead atoms. The molecule has 1 N–H and O–H groups in total. The monoisotopic (exact) mass is 313 g/mol. The summed E-state index contributed by atoms with van der Waals surface area (Å²) >= 11 is 0. The molecule has 2 aromatic heterocycles. The van der Waals surface area contributed by atoms with Crippen LogP contribution in [0.15, 0.2) is 23.1 Å². The Balaban J connectivity index is 1.55. The van der Waals surface area contributed by atoms with Crippen LogP contribution >= 0.6 is 0 Å². The number of hydrogen-bond donors (Lipinski definition) is 1. The van der Waals surface area contributed by atoms with Crippen LogP contribution in [0.5, 0.6) is 0 Å². The summed E-state index contributed by atoms with van der Waals surface area (Å²) in [6.45, 7) is 3.58. The van der Waals surface area contributed by atoms with Gasteiger partial charge in [0.2, 0.25) is 0 Å². The van der Waals surface area contributed by atoms with E-state index in [2.05, 4.69) is 15.3 Å². The molecule has 0 unspecified atom stereocenters. The predicted octanol–water partition coefficient (Wildman–Crippen LogP) is 1.28. The molecule has 0 aromatic carbocycles. The number of amides is 1. The third-order valence-electron chi connectivity index (χ3n) is 5.13. The predicted molar refractivity (Wildman–Crippen MR) is 83.5 cm³/mol. The molecule has 3 heterocycles. The Bertz CT molecular complexity index is 788. The summed E-state index contributed by atoms with van der Waals surface area (Å²) in [6.07, 6.45) is 6.66. The number of carbonyl (C=O) groups is 1. The van der Waals surface area contributed by atoms with Gasteiger partial charge in [0.15, 0.2) is 5.82 Å². The molecule has 2 aliphatic rings. The maximum atomic E-state index is 12.7. The largest absolute Gasteiger partial charge is 0.337 e. The van der Waals surface area contributed by atoms with Crippen molar-refractivity contribution in [2.24, 2.45) is 5.41 Å². The molecule has 2 fully saturated rings. The fourth-order valence-electron chi connectivity index (χ4n) is 3.82. The number of rotatable bonds is 2. The summed E-state index contributed by atoms with van der Waals surface area (Å²) < 4.78 is 1.58. The Morgan fingerprint density at radius 3 is 2.65 bits per heavy atom. The van der Waals surface area contributed by atoms with Crippen LogP contribution < -0.4 is 5.56 Å². The molecule has 1 aliphatic carbocycles. The highest BCUT2D eigenvalue weighted by atomic mass is 16.2. The Morgan fingerprint density at radius 2 is 2.00 bits per heavy atom. The molecule has 7 nitrogen and oxygen atoms in total. The number of aromatic amines is 1. The first kappa shape index (κ1) is 14.2. The van der Waals surface area contributed by atoms with E-state index in [1.54, 1.807) is 16.9 Å². The molecule has 1 spiro atoms. The van der Waals surface area contributed by atoms with Crippen LogP contribution in [-0.2, 0) is 0 Å². The lowest BCUT2D eigenvalue weighted by molar-refractivity contribution is 0.00926. The highest BCUT2D eigenvalue weighted by Gasteiger charge is 2.47. The summed E-state index contributed by atoms with van der Waals surface area (Å²) in [6, 6.07) is 2.98. The van der Waals surface area contributed by atoms with Gasteiger partial charge >= 0.3 is 0 Å². The van der Waals surface area contributed by atoms with Gasteiger partial charge in [-0.2, -0.15) is 10.2 Å². The van der Waals surface area contributed by atoms with Gasteiger partial charge in [-0.15, -0.1) is 0 Å². The number of nitrogens with zero attached hydrogens (tertiary/aromatic N) is 4. The van der Waals surface area contributed by atoms with Crippen molar-refractivity contribution in [2.75, 3.05) is 13.1 Å². The van der Waals surface area contributed by atoms with Gasteiger partial charge in [-0.3, -0.25) is 9.59 Å². The van der Waals surface area contributed by atoms with E-state index in [-0.39, 0.29) is 11.5 Å². The summed E-state index contributed by atoms with van der Waals surface area (Å²) in [5.74, 6) is 0.535. The average Bonchev–Trinajstić information content (AvgIpc) is 3.13. The van der Waals surface area contributed by atoms with Crippen molar-refractivity contribution in [3.63, 3.8) is 0 Å². The molecular formula is C16H19N5O2. The lowest BCUT2D eigenvalue weighted by Gasteiger charge is -2.48. The summed E-state index contributed by atoms with van der Waals surface area (Å²) in [5.41, 5.74) is 1.46. The van der Waals surface area contributed by atoms with E-state index >= 15 is 0 Å². The Labute approximate surface area is 133 Å². The van der Waals surface area contributed by atoms with Gasteiger partial charge in [-0.05, 0) is 25.8 Å². The highest BCUT2D eigenvalue weighted by molar-refractivity contribution is 5.95. The van der Waals surface area contributed by atoms with Crippen molar-refractivity contribution >= 4 is 5.91 Å². The summed E-state index contributed by atoms with van der Waals surface area (Å²) in [4.78, 5) is 25.7. The Hall–Kier alpha value is -2.44. The zero-order valence-electron chi connectivity index (χ0n) is 13.1. The van der Waals surface area contributed by atoms with Gasteiger partial charge < -0.3 is 4.90 Å². The van der Waals surface area contributed by atoms with E-state index < -0.39 is 0 Å². The van der Waals surface area contributed by atoms with E-state index in [0.29, 0.717) is 16.8 Å². The molecule has 120 valence electrons. The minimum Gasteiger partial charge on any atom is -0.337 e. The molecule has 1 aliphatic heterocycles. The standard InChI is InChI=1S/C16H19N5O2/c1-11-12(8-17-21(11)13-4-5-14(22)19-18-13)15(23)20-9-16(10-20)6-2-3-7-16/h4-5,8H,2-3,6-7,9-10H2,1H3,(H,19,22). The maximum Gasteiger partial charge on any atom is 0.264 e. The average molecular weight is 313 g/mol. The normalized spacial score (nSPS) is 19.1. The lowest BCUT2D eigenvalue weighted by Crippen LogP contribution is -2.57. The fraction of sp³-hybridized carbons (Fsp3) is 0.500. The topological polar surface area (TPSA) is 83.9 Å². The van der Waals surface area contributed by atoms with Gasteiger partial charge in [0, 0.05) is 24.6 Å². The van der Waals surface area contributed by atoms with Crippen LogP contribution in [0, 0.1) is 12.3 Å². The van der Waals surface area contributed by atoms with E-state index in [9.17, 15) is 9.59 Å². The summed E-state index contributed by atoms with van der Waals surface area (Å²) in [7, 11) is 0. The molecule has 0 atom stereocenters. The Morgan fingerprint density at radius 1 is 1.26 bits per heavy atom. The smallest absolute Gasteiger partial charge is 0.264 e. The first-order chi connectivity index (χ1) is 11.1. The second kappa shape index (κ2) is 5.04. The van der Waals surface area contributed by atoms with Gasteiger partial charge in [-0.25, -0.2) is 9.78 Å². The molecular weight excluding hydrogens is 294 g/mol. The number of aromatic nitrogens is 4. The SMILES string of the molecule is Cc1c(C(=O)N2CC3(CCCC3)C2)cnn1-c1ccc(=O)[nH]n1. The molecule has 4 rings (SSSR count). The van der Waals surface area contributed by atoms with Crippen molar-refractivity contribution in [1.29, 1.82) is 0 Å². The van der Waals surface area contributed by atoms with Crippen LogP contribution in [0.3, 0.4) is 0 Å². The third kappa shape index (κ3) is 2.27. The van der Waals surface area contributed by atoms with Crippen LogP contribution in [0.1, 0.15) is 41.7 Å². The van der Waals surface area contributed by atoms with E-state index in [1.165, 1.54) is 31.7 Å². The number of carbonyl (C=O) groups excluding carboxylic acids is 1. The first-order valence-corrected chi connectivity index (χ1v) is 7.98. The van der Waals surface area contributed by atoms with Crippen molar-refractivity contribution in [3.8, 4) is 5.82 Å². The molecule has 0 radical (unpaired) electrons. The van der Waals surface area contributed by atoms with Crippen LogP contribution in [0.25, 0.3) is 5.82 Å². The van der Waals surface area contributed by atoms with E-state index in [0.717, 1.165) is 18.8 Å². The van der Waals surface area contributed by atoms with Gasteiger partial charge in [-0.1, -0.05) is 12.8 Å². The quantitative estimate of drug-likeness (QED) is 0.905. The van der Waals surface area contributed by atoms with Crippen molar-refractivity contribution < 1.29 is 4.79 Å². The summed E-state index contributed by atoms with van der Waals surface area (Å²) in [5, 5.41) is 10.6. The van der Waals surface area contributed by atoms with E-state index in [1.807, 2.05) is 11.8 Å². The maximum absolute atomic E-state index is 12.7. The second-order valence-corrected chi connectivity index (χ2v) is 6.70.